The molecule has 5 nitrogen and oxygen atoms in total. The maximum Gasteiger partial charge on any atom is 0.126 e. The highest BCUT2D eigenvalue weighted by atomic mass is 35.5. The number of anilines is 1. The topological polar surface area (TPSA) is 62.8 Å². The van der Waals surface area contributed by atoms with Gasteiger partial charge in [-0.05, 0) is 42.5 Å². The van der Waals surface area contributed by atoms with E-state index in [9.17, 15) is 0 Å². The number of fused-ring (bicyclic) bond motifs is 3. The molecule has 2 aromatic heterocycles. The van der Waals surface area contributed by atoms with Crippen LogP contribution >= 0.6 is 11.6 Å². The Hall–Kier alpha value is -3.31. The molecule has 0 saturated heterocycles. The number of benzene rings is 3. The fourth-order valence-electron chi connectivity index (χ4n) is 3.48. The number of aromatic nitrogens is 3. The van der Waals surface area contributed by atoms with Crippen molar-refractivity contribution >= 4 is 50.1 Å². The maximum absolute atomic E-state index is 6.20. The number of imidazole rings is 1. The number of hydrogen-bond acceptors (Lipinski definition) is 4. The molecule has 0 radical (unpaired) electrons. The molecule has 0 saturated carbocycles. The van der Waals surface area contributed by atoms with Crippen molar-refractivity contribution in [2.75, 3.05) is 12.4 Å². The molecule has 5 aromatic rings. The Bertz CT molecular complexity index is 1300. The summed E-state index contributed by atoms with van der Waals surface area (Å²) in [6.45, 7) is 0.567. The Morgan fingerprint density at radius 2 is 1.71 bits per heavy atom. The number of pyridine rings is 1. The molecule has 5 rings (SSSR count). The van der Waals surface area contributed by atoms with Crippen molar-refractivity contribution in [3.05, 3.63) is 71.5 Å². The SMILES string of the molecule is COc1ccc2c(NCc3nc4ccccc4[nH]3)c3ccc(Cl)cc3nc2c1. The van der Waals surface area contributed by atoms with Crippen LogP contribution in [0.15, 0.2) is 60.7 Å². The van der Waals surface area contributed by atoms with E-state index in [2.05, 4.69) is 15.3 Å². The zero-order chi connectivity index (χ0) is 19.1. The molecule has 138 valence electrons. The van der Waals surface area contributed by atoms with E-state index < -0.39 is 0 Å². The number of H-pyrrole nitrogens is 1. The van der Waals surface area contributed by atoms with Gasteiger partial charge >= 0.3 is 0 Å². The summed E-state index contributed by atoms with van der Waals surface area (Å²) < 4.78 is 5.36. The lowest BCUT2D eigenvalue weighted by Crippen LogP contribution is -2.03. The quantitative estimate of drug-likeness (QED) is 0.397. The largest absolute Gasteiger partial charge is 0.497 e. The molecule has 0 amide bonds. The van der Waals surface area contributed by atoms with Crippen molar-refractivity contribution in [1.29, 1.82) is 0 Å². The van der Waals surface area contributed by atoms with Crippen LogP contribution in [-0.4, -0.2) is 22.1 Å². The summed E-state index contributed by atoms with van der Waals surface area (Å²) in [5, 5.41) is 6.24. The van der Waals surface area contributed by atoms with Crippen LogP contribution in [0.4, 0.5) is 5.69 Å². The van der Waals surface area contributed by atoms with Crippen LogP contribution in [-0.2, 0) is 6.54 Å². The van der Waals surface area contributed by atoms with Gasteiger partial charge < -0.3 is 15.0 Å². The smallest absolute Gasteiger partial charge is 0.126 e. The van der Waals surface area contributed by atoms with E-state index in [0.717, 1.165) is 50.1 Å². The number of halogens is 1. The summed E-state index contributed by atoms with van der Waals surface area (Å²) in [5.41, 5.74) is 4.67. The molecule has 0 unspecified atom stereocenters. The molecule has 6 heteroatoms. The van der Waals surface area contributed by atoms with Gasteiger partial charge in [0.1, 0.15) is 11.6 Å². The minimum absolute atomic E-state index is 0.567. The first-order valence-electron chi connectivity index (χ1n) is 8.96. The first kappa shape index (κ1) is 16.8. The number of nitrogens with one attached hydrogen (secondary N) is 2. The van der Waals surface area contributed by atoms with Gasteiger partial charge in [-0.3, -0.25) is 0 Å². The lowest BCUT2D eigenvalue weighted by atomic mass is 10.1. The summed E-state index contributed by atoms with van der Waals surface area (Å²) in [5.74, 6) is 1.64. The lowest BCUT2D eigenvalue weighted by molar-refractivity contribution is 0.415. The lowest BCUT2D eigenvalue weighted by Gasteiger charge is -2.13. The van der Waals surface area contributed by atoms with Crippen LogP contribution in [0.2, 0.25) is 5.02 Å². The second-order valence-electron chi connectivity index (χ2n) is 6.59. The predicted molar refractivity (Wildman–Crippen MR) is 114 cm³/mol. The fourth-order valence-corrected chi connectivity index (χ4v) is 3.64. The van der Waals surface area contributed by atoms with Gasteiger partial charge in [-0.15, -0.1) is 0 Å². The minimum atomic E-state index is 0.567. The number of ether oxygens (including phenoxy) is 1. The van der Waals surface area contributed by atoms with Crippen molar-refractivity contribution in [3.63, 3.8) is 0 Å². The van der Waals surface area contributed by atoms with E-state index >= 15 is 0 Å². The Morgan fingerprint density at radius 3 is 2.54 bits per heavy atom. The summed E-state index contributed by atoms with van der Waals surface area (Å²) in [6.07, 6.45) is 0. The molecule has 2 heterocycles. The summed E-state index contributed by atoms with van der Waals surface area (Å²) in [7, 11) is 1.65. The minimum Gasteiger partial charge on any atom is -0.497 e. The van der Waals surface area contributed by atoms with E-state index in [1.54, 1.807) is 7.11 Å². The van der Waals surface area contributed by atoms with E-state index in [4.69, 9.17) is 21.3 Å². The van der Waals surface area contributed by atoms with E-state index in [0.29, 0.717) is 11.6 Å². The second kappa shape index (κ2) is 6.69. The molecule has 0 aliphatic carbocycles. The molecular formula is C22H17ClN4O. The number of methoxy groups -OCH3 is 1. The first-order valence-corrected chi connectivity index (χ1v) is 9.33. The maximum atomic E-state index is 6.20. The Labute approximate surface area is 166 Å². The monoisotopic (exact) mass is 388 g/mol. The van der Waals surface area contributed by atoms with Crippen LogP contribution in [0.3, 0.4) is 0 Å². The highest BCUT2D eigenvalue weighted by Gasteiger charge is 2.11. The van der Waals surface area contributed by atoms with Crippen LogP contribution < -0.4 is 10.1 Å². The number of nitrogens with zero attached hydrogens (tertiary/aromatic N) is 2. The van der Waals surface area contributed by atoms with Crippen LogP contribution in [0, 0.1) is 0 Å². The summed E-state index contributed by atoms with van der Waals surface area (Å²) in [4.78, 5) is 12.8. The van der Waals surface area contributed by atoms with Crippen LogP contribution in [0.5, 0.6) is 5.75 Å². The molecule has 0 bridgehead atoms. The Kier molecular flexibility index (Phi) is 4.02. The fraction of sp³-hybridized carbons (Fsp3) is 0.0909. The second-order valence-corrected chi connectivity index (χ2v) is 7.02. The average molecular weight is 389 g/mol. The first-order chi connectivity index (χ1) is 13.7. The van der Waals surface area contributed by atoms with E-state index in [1.807, 2.05) is 60.7 Å². The molecule has 3 aromatic carbocycles. The predicted octanol–water partition coefficient (Wildman–Crippen LogP) is 5.54. The molecule has 0 spiro atoms. The molecular weight excluding hydrogens is 372 g/mol. The average Bonchev–Trinajstić information content (AvgIpc) is 3.13. The van der Waals surface area contributed by atoms with Crippen LogP contribution in [0.1, 0.15) is 5.82 Å². The molecule has 2 N–H and O–H groups in total. The third-order valence-corrected chi connectivity index (χ3v) is 5.05. The zero-order valence-electron chi connectivity index (χ0n) is 15.2. The van der Waals surface area contributed by atoms with Gasteiger partial charge in [-0.1, -0.05) is 23.7 Å². The van der Waals surface area contributed by atoms with Gasteiger partial charge in [0.2, 0.25) is 0 Å². The summed E-state index contributed by atoms with van der Waals surface area (Å²) in [6, 6.07) is 19.7. The molecule has 0 aliphatic rings. The van der Waals surface area contributed by atoms with Gasteiger partial charge in [-0.2, -0.15) is 0 Å². The van der Waals surface area contributed by atoms with Crippen molar-refractivity contribution in [1.82, 2.24) is 15.0 Å². The highest BCUT2D eigenvalue weighted by molar-refractivity contribution is 6.31. The van der Waals surface area contributed by atoms with Crippen molar-refractivity contribution in [2.24, 2.45) is 0 Å². The van der Waals surface area contributed by atoms with Gasteiger partial charge in [0.15, 0.2) is 0 Å². The molecule has 0 fully saturated rings. The third-order valence-electron chi connectivity index (χ3n) is 4.82. The van der Waals surface area contributed by atoms with E-state index in [-0.39, 0.29) is 0 Å². The normalized spacial score (nSPS) is 11.4. The van der Waals surface area contributed by atoms with E-state index in [1.165, 1.54) is 0 Å². The van der Waals surface area contributed by atoms with Crippen molar-refractivity contribution in [3.8, 4) is 5.75 Å². The standard InChI is InChI=1S/C22H17ClN4O/c1-28-14-7-9-16-20(11-14)25-19-10-13(23)6-8-15(19)22(16)24-12-21-26-17-4-2-3-5-18(17)27-21/h2-11H,12H2,1H3,(H,24,25)(H,26,27). The van der Waals surface area contributed by atoms with Gasteiger partial charge in [0.25, 0.3) is 0 Å². The van der Waals surface area contributed by atoms with Crippen molar-refractivity contribution in [2.45, 2.75) is 6.54 Å². The van der Waals surface area contributed by atoms with Gasteiger partial charge in [-0.25, -0.2) is 9.97 Å². The Morgan fingerprint density at radius 1 is 0.929 bits per heavy atom. The van der Waals surface area contributed by atoms with Crippen molar-refractivity contribution < 1.29 is 4.74 Å². The molecule has 28 heavy (non-hydrogen) atoms. The summed E-state index contributed by atoms with van der Waals surface area (Å²) >= 11 is 6.20. The zero-order valence-corrected chi connectivity index (χ0v) is 15.9. The van der Waals surface area contributed by atoms with Gasteiger partial charge in [0, 0.05) is 21.9 Å². The molecule has 0 atom stereocenters. The number of para-hydroxylation sites is 2. The van der Waals surface area contributed by atoms with Crippen LogP contribution in [0.25, 0.3) is 32.8 Å². The Balaban J connectivity index is 1.62. The highest BCUT2D eigenvalue weighted by Crippen LogP contribution is 2.34. The third kappa shape index (κ3) is 2.90. The van der Waals surface area contributed by atoms with Gasteiger partial charge in [0.05, 0.1) is 41.4 Å². The number of rotatable bonds is 4. The number of aromatic amines is 1. The molecule has 0 aliphatic heterocycles. The number of hydrogen-bond donors (Lipinski definition) is 2.